The largest absolute Gasteiger partial charge is 0.320 e. The Morgan fingerprint density at radius 2 is 1.58 bits per heavy atom. The van der Waals surface area contributed by atoms with Crippen molar-refractivity contribution < 1.29 is 8.78 Å². The molecule has 19 heavy (non-hydrogen) atoms. The molecule has 2 rings (SSSR count). The van der Waals surface area contributed by atoms with Gasteiger partial charge in [-0.3, -0.25) is 0 Å². The number of hydrogen-bond donors (Lipinski definition) is 1. The molecule has 1 atom stereocenters. The molecule has 0 aliphatic carbocycles. The van der Waals surface area contributed by atoms with Crippen molar-refractivity contribution >= 4 is 0 Å². The van der Waals surface area contributed by atoms with Crippen LogP contribution in [0.3, 0.4) is 0 Å². The van der Waals surface area contributed by atoms with E-state index in [1.807, 2.05) is 19.9 Å². The number of nitrogens with two attached hydrogens (primary N) is 1. The van der Waals surface area contributed by atoms with E-state index in [2.05, 4.69) is 0 Å². The van der Waals surface area contributed by atoms with E-state index in [1.165, 1.54) is 12.1 Å². The standard InChI is InChI=1S/C16H17F2N/c1-9-6-11(3)15(14(18)7-9)16(19)12-5-4-10(2)13(17)8-12/h4-8,16H,19H2,1-3H3. The second-order valence-electron chi connectivity index (χ2n) is 4.96. The predicted octanol–water partition coefficient (Wildman–Crippen LogP) is 3.94. The highest BCUT2D eigenvalue weighted by Crippen LogP contribution is 2.27. The summed E-state index contributed by atoms with van der Waals surface area (Å²) in [5.41, 5.74) is 9.27. The molecule has 100 valence electrons. The van der Waals surface area contributed by atoms with Gasteiger partial charge in [0.25, 0.3) is 0 Å². The summed E-state index contributed by atoms with van der Waals surface area (Å²) in [6.07, 6.45) is 0. The molecule has 0 aliphatic rings. The lowest BCUT2D eigenvalue weighted by molar-refractivity contribution is 0.591. The van der Waals surface area contributed by atoms with Gasteiger partial charge in [0.15, 0.2) is 0 Å². The van der Waals surface area contributed by atoms with E-state index in [0.717, 1.165) is 11.1 Å². The van der Waals surface area contributed by atoms with E-state index < -0.39 is 6.04 Å². The SMILES string of the molecule is Cc1cc(C)c(C(N)c2ccc(C)c(F)c2)c(F)c1. The summed E-state index contributed by atoms with van der Waals surface area (Å²) in [6.45, 7) is 5.33. The molecule has 0 radical (unpaired) electrons. The normalized spacial score (nSPS) is 12.5. The Bertz CT molecular complexity index is 597. The van der Waals surface area contributed by atoms with Crippen molar-refractivity contribution in [2.45, 2.75) is 26.8 Å². The molecular weight excluding hydrogens is 244 g/mol. The molecule has 0 aromatic heterocycles. The summed E-state index contributed by atoms with van der Waals surface area (Å²) in [6, 6.07) is 7.44. The molecule has 0 bridgehead atoms. The van der Waals surface area contributed by atoms with Crippen molar-refractivity contribution in [3.63, 3.8) is 0 Å². The maximum Gasteiger partial charge on any atom is 0.128 e. The maximum absolute atomic E-state index is 14.1. The molecule has 0 heterocycles. The Balaban J connectivity index is 2.49. The summed E-state index contributed by atoms with van der Waals surface area (Å²) in [4.78, 5) is 0. The van der Waals surface area contributed by atoms with E-state index >= 15 is 0 Å². The van der Waals surface area contributed by atoms with Crippen molar-refractivity contribution in [2.75, 3.05) is 0 Å². The minimum Gasteiger partial charge on any atom is -0.320 e. The first-order chi connectivity index (χ1) is 8.90. The van der Waals surface area contributed by atoms with Gasteiger partial charge in [0.1, 0.15) is 11.6 Å². The lowest BCUT2D eigenvalue weighted by Gasteiger charge is -2.17. The van der Waals surface area contributed by atoms with E-state index in [0.29, 0.717) is 16.7 Å². The van der Waals surface area contributed by atoms with Crippen LogP contribution in [-0.2, 0) is 0 Å². The molecule has 0 fully saturated rings. The number of aryl methyl sites for hydroxylation is 3. The summed E-state index contributed by atoms with van der Waals surface area (Å²) in [7, 11) is 0. The summed E-state index contributed by atoms with van der Waals surface area (Å²) < 4.78 is 27.6. The van der Waals surface area contributed by atoms with Gasteiger partial charge in [0.2, 0.25) is 0 Å². The highest BCUT2D eigenvalue weighted by Gasteiger charge is 2.17. The zero-order valence-corrected chi connectivity index (χ0v) is 11.3. The topological polar surface area (TPSA) is 26.0 Å². The molecule has 2 aromatic carbocycles. The minimum absolute atomic E-state index is 0.321. The fraction of sp³-hybridized carbons (Fsp3) is 0.250. The van der Waals surface area contributed by atoms with Gasteiger partial charge in [-0.15, -0.1) is 0 Å². The lowest BCUT2D eigenvalue weighted by atomic mass is 9.93. The molecule has 3 heteroatoms. The molecule has 0 aliphatic heterocycles. The second-order valence-corrected chi connectivity index (χ2v) is 4.96. The molecule has 0 saturated carbocycles. The van der Waals surface area contributed by atoms with Crippen molar-refractivity contribution in [3.05, 3.63) is 69.8 Å². The third kappa shape index (κ3) is 2.66. The second kappa shape index (κ2) is 5.10. The van der Waals surface area contributed by atoms with Crippen LogP contribution in [0.2, 0.25) is 0 Å². The summed E-state index contributed by atoms with van der Waals surface area (Å²) in [5, 5.41) is 0. The number of halogens is 2. The average molecular weight is 261 g/mol. The molecule has 1 nitrogen and oxygen atoms in total. The highest BCUT2D eigenvalue weighted by molar-refractivity contribution is 5.40. The Kier molecular flexibility index (Phi) is 3.67. The molecule has 0 amide bonds. The molecule has 0 saturated heterocycles. The van der Waals surface area contributed by atoms with Crippen molar-refractivity contribution in [1.82, 2.24) is 0 Å². The van der Waals surface area contributed by atoms with E-state index in [1.54, 1.807) is 19.1 Å². The highest BCUT2D eigenvalue weighted by atomic mass is 19.1. The zero-order chi connectivity index (χ0) is 14.2. The van der Waals surface area contributed by atoms with Crippen LogP contribution < -0.4 is 5.73 Å². The number of hydrogen-bond acceptors (Lipinski definition) is 1. The number of rotatable bonds is 2. The van der Waals surface area contributed by atoms with Gasteiger partial charge >= 0.3 is 0 Å². The molecule has 2 aromatic rings. The monoisotopic (exact) mass is 261 g/mol. The fourth-order valence-electron chi connectivity index (χ4n) is 2.29. The molecule has 1 unspecified atom stereocenters. The third-order valence-corrected chi connectivity index (χ3v) is 3.35. The van der Waals surface area contributed by atoms with Crippen molar-refractivity contribution in [2.24, 2.45) is 5.73 Å². The Hall–Kier alpha value is -1.74. The van der Waals surface area contributed by atoms with Crippen LogP contribution in [0.5, 0.6) is 0 Å². The zero-order valence-electron chi connectivity index (χ0n) is 11.3. The summed E-state index contributed by atoms with van der Waals surface area (Å²) >= 11 is 0. The summed E-state index contributed by atoms with van der Waals surface area (Å²) in [5.74, 6) is -0.663. The quantitative estimate of drug-likeness (QED) is 0.870. The van der Waals surface area contributed by atoms with Crippen LogP contribution in [0.25, 0.3) is 0 Å². The van der Waals surface area contributed by atoms with Crippen LogP contribution in [0.15, 0.2) is 30.3 Å². The van der Waals surface area contributed by atoms with Crippen LogP contribution in [0.1, 0.15) is 33.9 Å². The molecule has 2 N–H and O–H groups in total. The first-order valence-electron chi connectivity index (χ1n) is 6.18. The van der Waals surface area contributed by atoms with Gasteiger partial charge in [0.05, 0.1) is 6.04 Å². The van der Waals surface area contributed by atoms with Gasteiger partial charge in [-0.25, -0.2) is 8.78 Å². The van der Waals surface area contributed by atoms with Crippen LogP contribution in [0, 0.1) is 32.4 Å². The van der Waals surface area contributed by atoms with Crippen molar-refractivity contribution in [3.8, 4) is 0 Å². The van der Waals surface area contributed by atoms with E-state index in [4.69, 9.17) is 5.73 Å². The first-order valence-corrected chi connectivity index (χ1v) is 6.18. The van der Waals surface area contributed by atoms with Gasteiger partial charge in [0, 0.05) is 5.56 Å². The Labute approximate surface area is 112 Å². The maximum atomic E-state index is 14.1. The average Bonchev–Trinajstić information content (AvgIpc) is 2.31. The number of benzene rings is 2. The predicted molar refractivity (Wildman–Crippen MR) is 73.0 cm³/mol. The Morgan fingerprint density at radius 3 is 2.16 bits per heavy atom. The van der Waals surface area contributed by atoms with Gasteiger partial charge in [-0.1, -0.05) is 18.2 Å². The van der Waals surface area contributed by atoms with Crippen molar-refractivity contribution in [1.29, 1.82) is 0 Å². The fourth-order valence-corrected chi connectivity index (χ4v) is 2.29. The smallest absolute Gasteiger partial charge is 0.128 e. The third-order valence-electron chi connectivity index (χ3n) is 3.35. The van der Waals surface area contributed by atoms with Crippen LogP contribution >= 0.6 is 0 Å². The van der Waals surface area contributed by atoms with E-state index in [9.17, 15) is 8.78 Å². The van der Waals surface area contributed by atoms with E-state index in [-0.39, 0.29) is 11.6 Å². The van der Waals surface area contributed by atoms with Crippen LogP contribution in [0.4, 0.5) is 8.78 Å². The first kappa shape index (κ1) is 13.7. The van der Waals surface area contributed by atoms with Crippen LogP contribution in [-0.4, -0.2) is 0 Å². The Morgan fingerprint density at radius 1 is 0.895 bits per heavy atom. The molecule has 0 spiro atoms. The molecular formula is C16H17F2N. The lowest BCUT2D eigenvalue weighted by Crippen LogP contribution is -2.16. The minimum atomic E-state index is -0.657. The van der Waals surface area contributed by atoms with Gasteiger partial charge < -0.3 is 5.73 Å². The van der Waals surface area contributed by atoms with Gasteiger partial charge in [-0.2, -0.15) is 0 Å². The van der Waals surface area contributed by atoms with Gasteiger partial charge in [-0.05, 0) is 55.2 Å².